The van der Waals surface area contributed by atoms with Crippen LogP contribution < -0.4 is 10.1 Å². The molecule has 1 N–H and O–H groups in total. The lowest BCUT2D eigenvalue weighted by molar-refractivity contribution is 0.340. The van der Waals surface area contributed by atoms with Gasteiger partial charge in [-0.3, -0.25) is 0 Å². The van der Waals surface area contributed by atoms with Crippen LogP contribution in [0.25, 0.3) is 0 Å². The van der Waals surface area contributed by atoms with Crippen molar-refractivity contribution < 1.29 is 4.74 Å². The third kappa shape index (κ3) is 4.58. The van der Waals surface area contributed by atoms with Crippen molar-refractivity contribution in [3.8, 4) is 5.75 Å². The fourth-order valence-corrected chi connectivity index (χ4v) is 2.78. The first kappa shape index (κ1) is 16.1. The number of halogens is 1. The molecule has 3 heteroatoms. The molecule has 2 rings (SSSR count). The highest BCUT2D eigenvalue weighted by Crippen LogP contribution is 2.23. The Morgan fingerprint density at radius 1 is 1.00 bits per heavy atom. The number of rotatable bonds is 6. The molecule has 0 aliphatic heterocycles. The van der Waals surface area contributed by atoms with E-state index in [9.17, 15) is 0 Å². The number of nitrogens with one attached hydrogen (secondary N) is 1. The zero-order valence-electron chi connectivity index (χ0n) is 12.8. The van der Waals surface area contributed by atoms with Gasteiger partial charge >= 0.3 is 0 Å². The molecule has 2 aromatic rings. The van der Waals surface area contributed by atoms with Crippen LogP contribution in [0.15, 0.2) is 53.0 Å². The average Bonchev–Trinajstić information content (AvgIpc) is 2.48. The van der Waals surface area contributed by atoms with Gasteiger partial charge in [-0.2, -0.15) is 0 Å². The van der Waals surface area contributed by atoms with Gasteiger partial charge in [-0.05, 0) is 56.2 Å². The van der Waals surface area contributed by atoms with Gasteiger partial charge in [0.1, 0.15) is 5.75 Å². The van der Waals surface area contributed by atoms with Crippen LogP contribution in [0.5, 0.6) is 5.75 Å². The molecule has 112 valence electrons. The maximum atomic E-state index is 5.48. The van der Waals surface area contributed by atoms with E-state index in [1.807, 2.05) is 25.1 Å². The summed E-state index contributed by atoms with van der Waals surface area (Å²) < 4.78 is 6.59. The van der Waals surface area contributed by atoms with E-state index in [2.05, 4.69) is 65.4 Å². The molecule has 1 unspecified atom stereocenters. The van der Waals surface area contributed by atoms with Crippen LogP contribution in [0.1, 0.15) is 44.0 Å². The Kier molecular flexibility index (Phi) is 5.83. The number of hydrogen-bond donors (Lipinski definition) is 1. The maximum Gasteiger partial charge on any atom is 0.119 e. The molecular formula is C18H22BrNO. The normalized spacial score (nSPS) is 13.7. The van der Waals surface area contributed by atoms with Gasteiger partial charge in [-0.1, -0.05) is 40.2 Å². The molecule has 21 heavy (non-hydrogen) atoms. The summed E-state index contributed by atoms with van der Waals surface area (Å²) >= 11 is 3.52. The smallest absolute Gasteiger partial charge is 0.119 e. The van der Waals surface area contributed by atoms with Gasteiger partial charge < -0.3 is 10.1 Å². The van der Waals surface area contributed by atoms with Crippen molar-refractivity contribution in [2.75, 3.05) is 6.61 Å². The second-order valence-corrected chi connectivity index (χ2v) is 6.08. The van der Waals surface area contributed by atoms with E-state index >= 15 is 0 Å². The highest BCUT2D eigenvalue weighted by molar-refractivity contribution is 9.10. The summed E-state index contributed by atoms with van der Waals surface area (Å²) in [5.41, 5.74) is 2.54. The van der Waals surface area contributed by atoms with Crippen molar-refractivity contribution in [3.05, 3.63) is 64.1 Å². The minimum Gasteiger partial charge on any atom is -0.494 e. The zero-order chi connectivity index (χ0) is 15.2. The van der Waals surface area contributed by atoms with Crippen molar-refractivity contribution in [2.24, 2.45) is 0 Å². The van der Waals surface area contributed by atoms with E-state index in [0.717, 1.165) is 10.2 Å². The molecule has 0 aliphatic carbocycles. The molecule has 0 spiro atoms. The third-order valence-corrected chi connectivity index (χ3v) is 4.03. The predicted molar refractivity (Wildman–Crippen MR) is 91.7 cm³/mol. The summed E-state index contributed by atoms with van der Waals surface area (Å²) in [4.78, 5) is 0. The highest BCUT2D eigenvalue weighted by Gasteiger charge is 2.11. The van der Waals surface area contributed by atoms with Crippen LogP contribution in [0.4, 0.5) is 0 Å². The van der Waals surface area contributed by atoms with Crippen LogP contribution in [-0.4, -0.2) is 6.61 Å². The molecule has 2 nitrogen and oxygen atoms in total. The SMILES string of the molecule is CCOc1ccc(C(C)N[C@H](C)c2cccc(Br)c2)cc1. The van der Waals surface area contributed by atoms with Crippen LogP contribution in [0.3, 0.4) is 0 Å². The molecular weight excluding hydrogens is 326 g/mol. The minimum atomic E-state index is 0.287. The molecule has 0 bridgehead atoms. The quantitative estimate of drug-likeness (QED) is 0.769. The van der Waals surface area contributed by atoms with Gasteiger partial charge in [0.05, 0.1) is 6.61 Å². The van der Waals surface area contributed by atoms with Gasteiger partial charge in [0.25, 0.3) is 0 Å². The summed E-state index contributed by atoms with van der Waals surface area (Å²) in [5, 5.41) is 3.63. The number of ether oxygens (including phenoxy) is 1. The number of hydrogen-bond acceptors (Lipinski definition) is 2. The topological polar surface area (TPSA) is 21.3 Å². The van der Waals surface area contributed by atoms with Crippen molar-refractivity contribution in [2.45, 2.75) is 32.9 Å². The van der Waals surface area contributed by atoms with E-state index in [4.69, 9.17) is 4.74 Å². The van der Waals surface area contributed by atoms with Crippen LogP contribution in [0, 0.1) is 0 Å². The zero-order valence-corrected chi connectivity index (χ0v) is 14.4. The van der Waals surface area contributed by atoms with Crippen molar-refractivity contribution >= 4 is 15.9 Å². The Bertz CT molecular complexity index is 568. The first-order valence-electron chi connectivity index (χ1n) is 7.34. The van der Waals surface area contributed by atoms with E-state index in [0.29, 0.717) is 12.6 Å². The van der Waals surface area contributed by atoms with Gasteiger partial charge in [0, 0.05) is 16.6 Å². The van der Waals surface area contributed by atoms with Crippen molar-refractivity contribution in [1.82, 2.24) is 5.32 Å². The molecule has 0 saturated carbocycles. The van der Waals surface area contributed by atoms with E-state index in [1.54, 1.807) is 0 Å². The largest absolute Gasteiger partial charge is 0.494 e. The number of benzene rings is 2. The second-order valence-electron chi connectivity index (χ2n) is 5.17. The minimum absolute atomic E-state index is 0.287. The fraction of sp³-hybridized carbons (Fsp3) is 0.333. The van der Waals surface area contributed by atoms with Crippen LogP contribution in [0.2, 0.25) is 0 Å². The Hall–Kier alpha value is -1.32. The first-order chi connectivity index (χ1) is 10.1. The lowest BCUT2D eigenvalue weighted by atomic mass is 10.0. The monoisotopic (exact) mass is 347 g/mol. The average molecular weight is 348 g/mol. The van der Waals surface area contributed by atoms with Crippen LogP contribution in [-0.2, 0) is 0 Å². The Morgan fingerprint density at radius 3 is 2.29 bits per heavy atom. The molecule has 0 aliphatic rings. The molecule has 0 fully saturated rings. The molecule has 2 aromatic carbocycles. The lowest BCUT2D eigenvalue weighted by Gasteiger charge is -2.21. The van der Waals surface area contributed by atoms with E-state index in [-0.39, 0.29) is 6.04 Å². The molecule has 2 atom stereocenters. The van der Waals surface area contributed by atoms with Crippen LogP contribution >= 0.6 is 15.9 Å². The molecule has 0 heterocycles. The summed E-state index contributed by atoms with van der Waals surface area (Å²) in [6.45, 7) is 7.07. The summed E-state index contributed by atoms with van der Waals surface area (Å²) in [6.07, 6.45) is 0. The molecule has 0 radical (unpaired) electrons. The molecule has 0 amide bonds. The van der Waals surface area contributed by atoms with E-state index in [1.165, 1.54) is 11.1 Å². The molecule has 0 saturated heterocycles. The van der Waals surface area contributed by atoms with Crippen molar-refractivity contribution in [1.29, 1.82) is 0 Å². The summed E-state index contributed by atoms with van der Waals surface area (Å²) in [7, 11) is 0. The highest BCUT2D eigenvalue weighted by atomic mass is 79.9. The standard InChI is InChI=1S/C18H22BrNO/c1-4-21-18-10-8-15(9-11-18)13(2)20-14(3)16-6-5-7-17(19)12-16/h5-14,20H,4H2,1-3H3/t13?,14-/m1/s1. The maximum absolute atomic E-state index is 5.48. The summed E-state index contributed by atoms with van der Waals surface area (Å²) in [5.74, 6) is 0.925. The van der Waals surface area contributed by atoms with Gasteiger partial charge in [-0.25, -0.2) is 0 Å². The lowest BCUT2D eigenvalue weighted by Crippen LogP contribution is -2.22. The fourth-order valence-electron chi connectivity index (χ4n) is 2.36. The van der Waals surface area contributed by atoms with Gasteiger partial charge in [0.2, 0.25) is 0 Å². The third-order valence-electron chi connectivity index (χ3n) is 3.54. The van der Waals surface area contributed by atoms with Gasteiger partial charge in [0.15, 0.2) is 0 Å². The first-order valence-corrected chi connectivity index (χ1v) is 8.13. The van der Waals surface area contributed by atoms with Crippen molar-refractivity contribution in [3.63, 3.8) is 0 Å². The second kappa shape index (κ2) is 7.62. The van der Waals surface area contributed by atoms with E-state index < -0.39 is 0 Å². The Labute approximate surface area is 135 Å². The molecule has 0 aromatic heterocycles. The summed E-state index contributed by atoms with van der Waals surface area (Å²) in [6, 6.07) is 17.3. The Morgan fingerprint density at radius 2 is 1.67 bits per heavy atom. The Balaban J connectivity index is 2.01. The van der Waals surface area contributed by atoms with Gasteiger partial charge in [-0.15, -0.1) is 0 Å². The predicted octanol–water partition coefficient (Wildman–Crippen LogP) is 5.26.